The van der Waals surface area contributed by atoms with Gasteiger partial charge in [0.2, 0.25) is 0 Å². The molecule has 0 saturated carbocycles. The first-order valence-electron chi connectivity index (χ1n) is 8.92. The lowest BCUT2D eigenvalue weighted by Crippen LogP contribution is -2.18. The van der Waals surface area contributed by atoms with Gasteiger partial charge in [0.05, 0.1) is 11.5 Å². The van der Waals surface area contributed by atoms with Crippen molar-refractivity contribution in [3.63, 3.8) is 0 Å². The van der Waals surface area contributed by atoms with Crippen molar-refractivity contribution in [2.24, 2.45) is 0 Å². The Hall–Kier alpha value is -1.83. The van der Waals surface area contributed by atoms with E-state index in [2.05, 4.69) is 4.72 Å². The molecule has 7 heteroatoms. The molecule has 1 aromatic rings. The van der Waals surface area contributed by atoms with Gasteiger partial charge in [-0.2, -0.15) is 0 Å². The first-order valence-corrected chi connectivity index (χ1v) is 10.1. The standard InChI is InChI=1S/C15H19BN2O3S.2C2H6.CH4/c1-3-11-10-21-16(19)15(11)9-13(4-2)18-22(20)14-7-5-12(17)6-8-14;2*1-2;/h3-9,18-19H,10,17H2,1-2H3;2*1-2H3;1H4/b11-3-,13-4+,15-9+;;;. The molecule has 2 rings (SSSR count). The first-order chi connectivity index (χ1) is 12.5. The molecule has 1 atom stereocenters. The number of rotatable bonds is 4. The Morgan fingerprint density at radius 1 is 1.22 bits per heavy atom. The highest BCUT2D eigenvalue weighted by Gasteiger charge is 2.30. The second-order valence-electron chi connectivity index (χ2n) is 4.76. The maximum atomic E-state index is 12.3. The maximum Gasteiger partial charge on any atom is 0.491 e. The predicted molar refractivity (Wildman–Crippen MR) is 119 cm³/mol. The van der Waals surface area contributed by atoms with Crippen molar-refractivity contribution in [2.45, 2.75) is 53.9 Å². The van der Waals surface area contributed by atoms with E-state index in [-0.39, 0.29) is 7.43 Å². The molecule has 1 aliphatic rings. The molecule has 1 unspecified atom stereocenters. The Labute approximate surface area is 168 Å². The highest BCUT2D eigenvalue weighted by atomic mass is 32.2. The first kappa shape index (κ1) is 27.4. The molecule has 1 saturated heterocycles. The fourth-order valence-corrected chi connectivity index (χ4v) is 2.90. The van der Waals surface area contributed by atoms with Gasteiger partial charge in [-0.3, -0.25) is 0 Å². The normalized spacial score (nSPS) is 17.3. The van der Waals surface area contributed by atoms with Crippen molar-refractivity contribution in [3.05, 3.63) is 59.2 Å². The number of anilines is 1. The van der Waals surface area contributed by atoms with Crippen LogP contribution in [0.2, 0.25) is 0 Å². The molecule has 5 nitrogen and oxygen atoms in total. The number of nitrogens with two attached hydrogens (primary N) is 1. The Morgan fingerprint density at radius 2 is 1.78 bits per heavy atom. The molecule has 4 N–H and O–H groups in total. The molecule has 0 aliphatic carbocycles. The summed E-state index contributed by atoms with van der Waals surface area (Å²) < 4.78 is 20.4. The summed E-state index contributed by atoms with van der Waals surface area (Å²) in [5.41, 5.74) is 8.49. The van der Waals surface area contributed by atoms with Crippen molar-refractivity contribution in [1.29, 1.82) is 0 Å². The fraction of sp³-hybridized carbons (Fsp3) is 0.400. The van der Waals surface area contributed by atoms with E-state index in [1.54, 1.807) is 36.4 Å². The second kappa shape index (κ2) is 15.3. The molecular weight excluding hydrogens is 359 g/mol. The molecule has 152 valence electrons. The third-order valence-electron chi connectivity index (χ3n) is 3.31. The Balaban J connectivity index is 0. The minimum Gasteiger partial charge on any atom is -0.423 e. The minimum absolute atomic E-state index is 0. The van der Waals surface area contributed by atoms with E-state index in [0.717, 1.165) is 5.57 Å². The van der Waals surface area contributed by atoms with Crippen LogP contribution in [0.15, 0.2) is 64.1 Å². The molecule has 0 spiro atoms. The highest BCUT2D eigenvalue weighted by Crippen LogP contribution is 2.22. The largest absolute Gasteiger partial charge is 0.491 e. The van der Waals surface area contributed by atoms with E-state index in [9.17, 15) is 9.23 Å². The SMILES string of the molecule is C.CC.CC.C\C=C(/C=C1/B(O)OC/C1=C/C)NS(=O)c1ccc(N)cc1. The van der Waals surface area contributed by atoms with Crippen LogP contribution >= 0.6 is 0 Å². The van der Waals surface area contributed by atoms with Crippen molar-refractivity contribution < 1.29 is 13.9 Å². The lowest BCUT2D eigenvalue weighted by Gasteiger charge is -2.09. The van der Waals surface area contributed by atoms with Gasteiger partial charge in [-0.25, -0.2) is 4.21 Å². The van der Waals surface area contributed by atoms with Gasteiger partial charge in [-0.1, -0.05) is 47.3 Å². The van der Waals surface area contributed by atoms with Crippen LogP contribution in [0.1, 0.15) is 49.0 Å². The van der Waals surface area contributed by atoms with Gasteiger partial charge in [-0.05, 0) is 55.2 Å². The molecular formula is C20H35BN2O3S. The molecule has 0 bridgehead atoms. The number of hydrogen-bond donors (Lipinski definition) is 3. The summed E-state index contributed by atoms with van der Waals surface area (Å²) in [5, 5.41) is 9.84. The lowest BCUT2D eigenvalue weighted by atomic mass is 9.77. The van der Waals surface area contributed by atoms with Gasteiger partial charge in [0.25, 0.3) is 0 Å². The van der Waals surface area contributed by atoms with Crippen molar-refractivity contribution in [1.82, 2.24) is 4.72 Å². The Morgan fingerprint density at radius 3 is 2.26 bits per heavy atom. The highest BCUT2D eigenvalue weighted by molar-refractivity contribution is 7.83. The second-order valence-corrected chi connectivity index (χ2v) is 5.97. The smallest absolute Gasteiger partial charge is 0.423 e. The van der Waals surface area contributed by atoms with Gasteiger partial charge >= 0.3 is 7.12 Å². The third-order valence-corrected chi connectivity index (χ3v) is 4.43. The predicted octanol–water partition coefficient (Wildman–Crippen LogP) is 4.40. The number of nitrogen functional groups attached to an aromatic ring is 1. The summed E-state index contributed by atoms with van der Waals surface area (Å²) in [4.78, 5) is 0.626. The molecule has 27 heavy (non-hydrogen) atoms. The van der Waals surface area contributed by atoms with Crippen LogP contribution in [0.4, 0.5) is 5.69 Å². The molecule has 1 aromatic carbocycles. The lowest BCUT2D eigenvalue weighted by molar-refractivity contribution is 0.316. The average Bonchev–Trinajstić information content (AvgIpc) is 3.04. The van der Waals surface area contributed by atoms with E-state index < -0.39 is 18.1 Å². The van der Waals surface area contributed by atoms with Crippen molar-refractivity contribution in [2.75, 3.05) is 12.3 Å². The quantitative estimate of drug-likeness (QED) is 0.522. The van der Waals surface area contributed by atoms with Gasteiger partial charge in [0, 0.05) is 11.4 Å². The number of hydrogen-bond acceptors (Lipinski definition) is 4. The zero-order valence-corrected chi connectivity index (χ0v) is 17.4. The number of allylic oxidation sites excluding steroid dienone is 3. The van der Waals surface area contributed by atoms with E-state index in [0.29, 0.717) is 28.4 Å². The summed E-state index contributed by atoms with van der Waals surface area (Å²) >= 11 is 0. The van der Waals surface area contributed by atoms with Crippen LogP contribution in [-0.2, 0) is 15.6 Å². The molecule has 0 radical (unpaired) electrons. The third kappa shape index (κ3) is 8.60. The zero-order valence-electron chi connectivity index (χ0n) is 16.6. The van der Waals surface area contributed by atoms with E-state index >= 15 is 0 Å². The van der Waals surface area contributed by atoms with Crippen molar-refractivity contribution in [3.8, 4) is 0 Å². The number of benzene rings is 1. The van der Waals surface area contributed by atoms with Crippen LogP contribution in [0, 0.1) is 0 Å². The summed E-state index contributed by atoms with van der Waals surface area (Å²) in [7, 11) is -2.36. The summed E-state index contributed by atoms with van der Waals surface area (Å²) in [6.45, 7) is 12.1. The fourth-order valence-electron chi connectivity index (χ4n) is 2.01. The monoisotopic (exact) mass is 394 g/mol. The van der Waals surface area contributed by atoms with Crippen LogP contribution in [0.25, 0.3) is 0 Å². The van der Waals surface area contributed by atoms with Crippen LogP contribution in [0.3, 0.4) is 0 Å². The molecule has 1 fully saturated rings. The summed E-state index contributed by atoms with van der Waals surface area (Å²) in [6.07, 6.45) is 5.44. The Bertz CT molecular complexity index is 656. The van der Waals surface area contributed by atoms with E-state index in [4.69, 9.17) is 10.4 Å². The van der Waals surface area contributed by atoms with Gasteiger partial charge in [0.15, 0.2) is 0 Å². The van der Waals surface area contributed by atoms with Gasteiger partial charge < -0.3 is 20.1 Å². The Kier molecular flexibility index (Phi) is 15.5. The van der Waals surface area contributed by atoms with Crippen molar-refractivity contribution >= 4 is 23.8 Å². The zero-order chi connectivity index (χ0) is 20.1. The molecule has 0 amide bonds. The van der Waals surface area contributed by atoms with E-state index in [1.807, 2.05) is 47.6 Å². The van der Waals surface area contributed by atoms with Gasteiger partial charge in [-0.15, -0.1) is 0 Å². The maximum absolute atomic E-state index is 12.3. The van der Waals surface area contributed by atoms with Crippen LogP contribution in [-0.4, -0.2) is 23.0 Å². The molecule has 1 aliphatic heterocycles. The molecule has 1 heterocycles. The summed E-state index contributed by atoms with van der Waals surface area (Å²) in [5.74, 6) is 0. The van der Waals surface area contributed by atoms with E-state index in [1.165, 1.54) is 0 Å². The topological polar surface area (TPSA) is 84.6 Å². The van der Waals surface area contributed by atoms with Crippen LogP contribution < -0.4 is 10.5 Å². The number of nitrogens with one attached hydrogen (secondary N) is 1. The average molecular weight is 394 g/mol. The van der Waals surface area contributed by atoms with Gasteiger partial charge in [0.1, 0.15) is 11.0 Å². The summed E-state index contributed by atoms with van der Waals surface area (Å²) in [6, 6.07) is 6.83. The van der Waals surface area contributed by atoms with Crippen LogP contribution in [0.5, 0.6) is 0 Å². The molecule has 0 aromatic heterocycles. The minimum atomic E-state index is -1.41.